The molecule has 1 aliphatic rings. The third kappa shape index (κ3) is 5.08. The molecule has 0 aliphatic heterocycles. The summed E-state index contributed by atoms with van der Waals surface area (Å²) < 4.78 is 27.7. The number of nitrogens with zero attached hydrogens (tertiary/aromatic N) is 2. The normalized spacial score (nSPS) is 19.0. The molecule has 1 saturated carbocycles. The minimum absolute atomic E-state index is 0.0626. The predicted octanol–water partition coefficient (Wildman–Crippen LogP) is 2.68. The Kier molecular flexibility index (Phi) is 7.01. The summed E-state index contributed by atoms with van der Waals surface area (Å²) in [6.07, 6.45) is 2.02. The average molecular weight is 392 g/mol. The monoisotopic (exact) mass is 391 g/mol. The summed E-state index contributed by atoms with van der Waals surface area (Å²) in [5.41, 5.74) is 2.60. The number of hydrogen-bond acceptors (Lipinski definition) is 4. The van der Waals surface area contributed by atoms with Gasteiger partial charge in [0.05, 0.1) is 22.8 Å². The number of amides is 1. The van der Waals surface area contributed by atoms with Crippen molar-refractivity contribution in [2.75, 3.05) is 19.6 Å². The van der Waals surface area contributed by atoms with Gasteiger partial charge >= 0.3 is 0 Å². The lowest BCUT2D eigenvalue weighted by Gasteiger charge is -2.23. The predicted molar refractivity (Wildman–Crippen MR) is 105 cm³/mol. The number of carbonyl (C=O) groups excluding carboxylic acids is 1. The average Bonchev–Trinajstić information content (AvgIpc) is 3.36. The van der Waals surface area contributed by atoms with Gasteiger partial charge in [0.1, 0.15) is 0 Å². The summed E-state index contributed by atoms with van der Waals surface area (Å²) in [6.45, 7) is 8.81. The highest BCUT2D eigenvalue weighted by atomic mass is 32.2. The lowest BCUT2D eigenvalue weighted by atomic mass is 10.1. The molecule has 0 spiro atoms. The van der Waals surface area contributed by atoms with Crippen LogP contribution in [0.15, 0.2) is 17.0 Å². The van der Waals surface area contributed by atoms with Crippen molar-refractivity contribution < 1.29 is 13.2 Å². The summed E-state index contributed by atoms with van der Waals surface area (Å²) in [7, 11) is -3.54. The Balaban J connectivity index is 1.89. The van der Waals surface area contributed by atoms with Gasteiger partial charge in [-0.1, -0.05) is 24.6 Å². The Bertz CT molecular complexity index is 820. The van der Waals surface area contributed by atoms with Gasteiger partial charge in [0.2, 0.25) is 15.9 Å². The van der Waals surface area contributed by atoms with E-state index in [0.717, 1.165) is 16.7 Å². The van der Waals surface area contributed by atoms with E-state index in [1.54, 1.807) is 0 Å². The highest BCUT2D eigenvalue weighted by Crippen LogP contribution is 2.37. The van der Waals surface area contributed by atoms with Gasteiger partial charge in [0.15, 0.2) is 0 Å². The highest BCUT2D eigenvalue weighted by Gasteiger charge is 2.43. The van der Waals surface area contributed by atoms with Crippen molar-refractivity contribution in [3.8, 4) is 6.07 Å². The maximum Gasteiger partial charge on any atom is 0.243 e. The van der Waals surface area contributed by atoms with Crippen LogP contribution in [0.1, 0.15) is 42.9 Å². The maximum atomic E-state index is 13.1. The zero-order valence-electron chi connectivity index (χ0n) is 16.6. The van der Waals surface area contributed by atoms with E-state index in [4.69, 9.17) is 5.26 Å². The van der Waals surface area contributed by atoms with Gasteiger partial charge in [-0.3, -0.25) is 4.79 Å². The molecule has 2 rings (SSSR count). The summed E-state index contributed by atoms with van der Waals surface area (Å²) in [5.74, 6) is -0.353. The summed E-state index contributed by atoms with van der Waals surface area (Å²) in [5, 5.41) is 11.6. The van der Waals surface area contributed by atoms with Gasteiger partial charge in [0, 0.05) is 19.6 Å². The third-order valence-electron chi connectivity index (χ3n) is 4.98. The molecule has 1 aromatic rings. The topological polar surface area (TPSA) is 90.3 Å². The molecule has 6 nitrogen and oxygen atoms in total. The minimum Gasteiger partial charge on any atom is -0.356 e. The van der Waals surface area contributed by atoms with Gasteiger partial charge < -0.3 is 5.32 Å². The second-order valence-corrected chi connectivity index (χ2v) is 9.18. The molecule has 0 saturated heterocycles. The lowest BCUT2D eigenvalue weighted by molar-refractivity contribution is -0.122. The van der Waals surface area contributed by atoms with Gasteiger partial charge in [-0.25, -0.2) is 8.42 Å². The largest absolute Gasteiger partial charge is 0.356 e. The van der Waals surface area contributed by atoms with Crippen molar-refractivity contribution >= 4 is 15.9 Å². The fourth-order valence-corrected chi connectivity index (χ4v) is 5.43. The van der Waals surface area contributed by atoms with Crippen LogP contribution in [-0.2, 0) is 14.8 Å². The molecule has 0 radical (unpaired) electrons. The van der Waals surface area contributed by atoms with Crippen LogP contribution in [-0.4, -0.2) is 38.3 Å². The number of nitriles is 1. The van der Waals surface area contributed by atoms with Gasteiger partial charge in [0.25, 0.3) is 0 Å². The molecule has 1 aromatic carbocycles. The summed E-state index contributed by atoms with van der Waals surface area (Å²) in [4.78, 5) is 12.2. The van der Waals surface area contributed by atoms with Crippen LogP contribution in [0.2, 0.25) is 0 Å². The second kappa shape index (κ2) is 8.85. The van der Waals surface area contributed by atoms with E-state index < -0.39 is 10.0 Å². The number of rotatable bonds is 9. The van der Waals surface area contributed by atoms with Crippen molar-refractivity contribution in [2.24, 2.45) is 11.8 Å². The third-order valence-corrected chi connectivity index (χ3v) is 7.26. The lowest BCUT2D eigenvalue weighted by Crippen LogP contribution is -2.33. The molecule has 0 heterocycles. The molecule has 1 aliphatic carbocycles. The Morgan fingerprint density at radius 3 is 2.41 bits per heavy atom. The first-order valence-electron chi connectivity index (χ1n) is 9.47. The molecule has 1 N–H and O–H groups in total. The Morgan fingerprint density at radius 1 is 1.26 bits per heavy atom. The molecule has 1 amide bonds. The highest BCUT2D eigenvalue weighted by molar-refractivity contribution is 7.89. The fraction of sp³-hybridized carbons (Fsp3) is 0.600. The number of nitrogens with one attached hydrogen (secondary N) is 1. The molecule has 148 valence electrons. The van der Waals surface area contributed by atoms with Crippen molar-refractivity contribution in [1.82, 2.24) is 9.62 Å². The SMILES string of the molecule is CCN(CCCCNC(=O)C1CC1C#N)S(=O)(=O)c1c(C)cc(C)cc1C. The molecule has 27 heavy (non-hydrogen) atoms. The van der Waals surface area contributed by atoms with Crippen LogP contribution in [0.25, 0.3) is 0 Å². The van der Waals surface area contributed by atoms with E-state index in [9.17, 15) is 13.2 Å². The van der Waals surface area contributed by atoms with E-state index in [2.05, 4.69) is 11.4 Å². The first-order valence-corrected chi connectivity index (χ1v) is 10.9. The quantitative estimate of drug-likeness (QED) is 0.655. The molecule has 7 heteroatoms. The van der Waals surface area contributed by atoms with Crippen LogP contribution >= 0.6 is 0 Å². The molecule has 1 fully saturated rings. The van der Waals surface area contributed by atoms with Gasteiger partial charge in [-0.05, 0) is 51.2 Å². The molecule has 2 unspecified atom stereocenters. The first kappa shape index (κ1) is 21.4. The van der Waals surface area contributed by atoms with Crippen LogP contribution < -0.4 is 5.32 Å². The second-order valence-electron chi connectivity index (χ2n) is 7.30. The van der Waals surface area contributed by atoms with Crippen LogP contribution in [0.3, 0.4) is 0 Å². The molecule has 0 aromatic heterocycles. The van der Waals surface area contributed by atoms with Crippen LogP contribution in [0.5, 0.6) is 0 Å². The molecule has 2 atom stereocenters. The number of carbonyl (C=O) groups is 1. The standard InChI is InChI=1S/C20H29N3O3S/c1-5-23(9-7-6-8-22-20(24)18-12-17(18)13-21)27(25,26)19-15(3)10-14(2)11-16(19)4/h10-11,17-18H,5-9,12H2,1-4H3,(H,22,24). The van der Waals surface area contributed by atoms with Gasteiger partial charge in [-0.15, -0.1) is 0 Å². The van der Waals surface area contributed by atoms with Crippen LogP contribution in [0.4, 0.5) is 0 Å². The van der Waals surface area contributed by atoms with E-state index in [1.165, 1.54) is 4.31 Å². The summed E-state index contributed by atoms with van der Waals surface area (Å²) in [6, 6.07) is 5.90. The zero-order chi connectivity index (χ0) is 20.2. The van der Waals surface area contributed by atoms with Crippen molar-refractivity contribution in [3.63, 3.8) is 0 Å². The Morgan fingerprint density at radius 2 is 1.89 bits per heavy atom. The van der Waals surface area contributed by atoms with Crippen molar-refractivity contribution in [2.45, 2.75) is 51.9 Å². The van der Waals surface area contributed by atoms with E-state index in [-0.39, 0.29) is 17.7 Å². The fourth-order valence-electron chi connectivity index (χ4n) is 3.53. The van der Waals surface area contributed by atoms with E-state index in [0.29, 0.717) is 43.8 Å². The van der Waals surface area contributed by atoms with Crippen LogP contribution in [0, 0.1) is 43.9 Å². The Hall–Kier alpha value is -1.91. The Labute approximate surface area is 162 Å². The minimum atomic E-state index is -3.54. The number of aryl methyl sites for hydroxylation is 3. The van der Waals surface area contributed by atoms with Crippen molar-refractivity contribution in [1.29, 1.82) is 5.26 Å². The number of hydrogen-bond donors (Lipinski definition) is 1. The molecular weight excluding hydrogens is 362 g/mol. The number of unbranched alkanes of at least 4 members (excludes halogenated alkanes) is 1. The van der Waals surface area contributed by atoms with Gasteiger partial charge in [-0.2, -0.15) is 9.57 Å². The van der Waals surface area contributed by atoms with E-state index >= 15 is 0 Å². The number of sulfonamides is 1. The summed E-state index contributed by atoms with van der Waals surface area (Å²) >= 11 is 0. The number of benzene rings is 1. The molecular formula is C20H29N3O3S. The van der Waals surface area contributed by atoms with E-state index in [1.807, 2.05) is 39.8 Å². The zero-order valence-corrected chi connectivity index (χ0v) is 17.4. The smallest absolute Gasteiger partial charge is 0.243 e. The molecule has 0 bridgehead atoms. The first-order chi connectivity index (χ1) is 12.7. The van der Waals surface area contributed by atoms with Crippen molar-refractivity contribution in [3.05, 3.63) is 28.8 Å². The maximum absolute atomic E-state index is 13.1.